The highest BCUT2D eigenvalue weighted by Gasteiger charge is 2.46. The maximum atomic E-state index is 13.4. The quantitative estimate of drug-likeness (QED) is 0.214. The molecule has 2 heterocycles. The van der Waals surface area contributed by atoms with E-state index in [4.69, 9.17) is 14.2 Å². The molecular weight excluding hydrogens is 490 g/mol. The van der Waals surface area contributed by atoms with Crippen molar-refractivity contribution in [3.8, 4) is 17.2 Å². The van der Waals surface area contributed by atoms with E-state index in [0.29, 0.717) is 29.2 Å². The second-order valence-electron chi connectivity index (χ2n) is 8.96. The number of carbonyl (C=O) groups excluding carboxylic acids is 2. The molecule has 1 fully saturated rings. The number of rotatable bonds is 9. The smallest absolute Gasteiger partial charge is 0.295 e. The van der Waals surface area contributed by atoms with Crippen molar-refractivity contribution in [2.75, 3.05) is 20.8 Å². The van der Waals surface area contributed by atoms with Crippen molar-refractivity contribution in [1.82, 2.24) is 4.90 Å². The van der Waals surface area contributed by atoms with Crippen molar-refractivity contribution < 1.29 is 28.9 Å². The van der Waals surface area contributed by atoms with Crippen LogP contribution in [0.3, 0.4) is 0 Å². The molecule has 0 aliphatic carbocycles. The Morgan fingerprint density at radius 3 is 2.38 bits per heavy atom. The summed E-state index contributed by atoms with van der Waals surface area (Å²) in [6.45, 7) is 6.73. The Labute approximate surface area is 220 Å². The molecule has 0 radical (unpaired) electrons. The summed E-state index contributed by atoms with van der Waals surface area (Å²) < 4.78 is 16.6. The molecule has 1 unspecified atom stereocenters. The normalized spacial score (nSPS) is 16.9. The molecule has 1 atom stereocenters. The molecule has 37 heavy (non-hydrogen) atoms. The molecule has 8 heteroatoms. The van der Waals surface area contributed by atoms with E-state index >= 15 is 0 Å². The fraction of sp³-hybridized carbons (Fsp3) is 0.310. The third kappa shape index (κ3) is 5.06. The van der Waals surface area contributed by atoms with Gasteiger partial charge in [-0.3, -0.25) is 9.59 Å². The van der Waals surface area contributed by atoms with E-state index in [2.05, 4.69) is 0 Å². The van der Waals surface area contributed by atoms with Crippen molar-refractivity contribution in [2.45, 2.75) is 39.3 Å². The zero-order valence-electron chi connectivity index (χ0n) is 21.6. The average Bonchev–Trinajstić information content (AvgIpc) is 3.50. The molecular formula is C29H31NO6S. The third-order valence-corrected chi connectivity index (χ3v) is 7.24. The highest BCUT2D eigenvalue weighted by molar-refractivity contribution is 7.09. The molecule has 1 N–H and O–H groups in total. The molecule has 1 amide bonds. The van der Waals surface area contributed by atoms with Gasteiger partial charge in [0.2, 0.25) is 0 Å². The Bertz CT molecular complexity index is 1330. The zero-order valence-corrected chi connectivity index (χ0v) is 22.4. The number of ketones is 1. The van der Waals surface area contributed by atoms with Gasteiger partial charge in [-0.2, -0.15) is 0 Å². The Morgan fingerprint density at radius 2 is 1.76 bits per heavy atom. The minimum Gasteiger partial charge on any atom is -0.507 e. The van der Waals surface area contributed by atoms with Crippen LogP contribution in [0.25, 0.3) is 5.76 Å². The highest BCUT2D eigenvalue weighted by atomic mass is 32.1. The number of hydrogen-bond donors (Lipinski definition) is 1. The van der Waals surface area contributed by atoms with Crippen LogP contribution in [-0.4, -0.2) is 42.5 Å². The first-order valence-corrected chi connectivity index (χ1v) is 13.0. The SMILES string of the molecule is CCOc1ccc(/C(O)=C2\C(=O)C(=O)N(Cc3cccs3)C2c2ccc(OC)c(OC)c2)cc1C(C)C. The molecule has 3 aromatic rings. The number of likely N-dealkylation sites (tertiary alicyclic amines) is 1. The maximum absolute atomic E-state index is 13.4. The predicted octanol–water partition coefficient (Wildman–Crippen LogP) is 5.91. The fourth-order valence-corrected chi connectivity index (χ4v) is 5.28. The number of Topliss-reactive ketones (excluding diaryl/α,β-unsaturated/α-hetero) is 1. The number of ether oxygens (including phenoxy) is 3. The van der Waals surface area contributed by atoms with Gasteiger partial charge < -0.3 is 24.2 Å². The van der Waals surface area contributed by atoms with Crippen LogP contribution in [0.5, 0.6) is 17.2 Å². The summed E-state index contributed by atoms with van der Waals surface area (Å²) in [5.41, 5.74) is 2.02. The summed E-state index contributed by atoms with van der Waals surface area (Å²) in [4.78, 5) is 29.2. The lowest BCUT2D eigenvalue weighted by atomic mass is 9.93. The van der Waals surface area contributed by atoms with E-state index in [1.165, 1.54) is 23.3 Å². The van der Waals surface area contributed by atoms with Crippen LogP contribution >= 0.6 is 11.3 Å². The Morgan fingerprint density at radius 1 is 1.03 bits per heavy atom. The fourth-order valence-electron chi connectivity index (χ4n) is 4.57. The van der Waals surface area contributed by atoms with E-state index in [9.17, 15) is 14.7 Å². The molecule has 1 aliphatic heterocycles. The second kappa shape index (κ2) is 11.1. The Balaban J connectivity index is 1.90. The number of benzene rings is 2. The topological polar surface area (TPSA) is 85.3 Å². The molecule has 194 valence electrons. The van der Waals surface area contributed by atoms with Crippen molar-refractivity contribution in [2.24, 2.45) is 0 Å². The van der Waals surface area contributed by atoms with Gasteiger partial charge in [0.25, 0.3) is 11.7 Å². The van der Waals surface area contributed by atoms with Crippen molar-refractivity contribution in [1.29, 1.82) is 0 Å². The number of thiophene rings is 1. The number of aliphatic hydroxyl groups excluding tert-OH is 1. The van der Waals surface area contributed by atoms with Crippen molar-refractivity contribution in [3.63, 3.8) is 0 Å². The first kappa shape index (κ1) is 26.3. The van der Waals surface area contributed by atoms with E-state index < -0.39 is 17.7 Å². The Kier molecular flexibility index (Phi) is 7.88. The zero-order chi connectivity index (χ0) is 26.7. The summed E-state index contributed by atoms with van der Waals surface area (Å²) in [5, 5.41) is 13.4. The molecule has 4 rings (SSSR count). The maximum Gasteiger partial charge on any atom is 0.295 e. The average molecular weight is 522 g/mol. The van der Waals surface area contributed by atoms with Gasteiger partial charge >= 0.3 is 0 Å². The summed E-state index contributed by atoms with van der Waals surface area (Å²) >= 11 is 1.50. The van der Waals surface area contributed by atoms with Crippen LogP contribution in [0.2, 0.25) is 0 Å². The van der Waals surface area contributed by atoms with Gasteiger partial charge in [-0.1, -0.05) is 26.0 Å². The summed E-state index contributed by atoms with van der Waals surface area (Å²) in [6, 6.07) is 13.6. The van der Waals surface area contributed by atoms with Gasteiger partial charge in [0, 0.05) is 10.4 Å². The predicted molar refractivity (Wildman–Crippen MR) is 143 cm³/mol. The van der Waals surface area contributed by atoms with Crippen LogP contribution in [0.15, 0.2) is 59.5 Å². The van der Waals surface area contributed by atoms with Gasteiger partial charge in [-0.15, -0.1) is 11.3 Å². The van der Waals surface area contributed by atoms with Crippen LogP contribution in [-0.2, 0) is 16.1 Å². The van der Waals surface area contributed by atoms with E-state index in [1.54, 1.807) is 37.4 Å². The molecule has 1 saturated heterocycles. The van der Waals surface area contributed by atoms with Gasteiger partial charge in [0.05, 0.1) is 39.0 Å². The van der Waals surface area contributed by atoms with Gasteiger partial charge in [-0.25, -0.2) is 0 Å². The minimum atomic E-state index is -0.809. The van der Waals surface area contributed by atoms with Crippen LogP contribution < -0.4 is 14.2 Å². The first-order chi connectivity index (χ1) is 17.8. The molecule has 0 saturated carbocycles. The molecule has 1 aromatic heterocycles. The number of nitrogens with zero attached hydrogens (tertiary/aromatic N) is 1. The van der Waals surface area contributed by atoms with E-state index in [1.807, 2.05) is 44.4 Å². The summed E-state index contributed by atoms with van der Waals surface area (Å²) in [7, 11) is 3.07. The lowest BCUT2D eigenvalue weighted by Crippen LogP contribution is -2.28. The standard InChI is InChI=1S/C29H31NO6S/c1-6-36-22-11-10-19(14-21(22)17(2)3)27(31)25-26(18-9-12-23(34-4)24(15-18)35-5)30(29(33)28(25)32)16-20-8-7-13-37-20/h7-15,17,26,31H,6,16H2,1-5H3/b27-25+. The number of aliphatic hydroxyl groups is 1. The molecule has 2 aromatic carbocycles. The lowest BCUT2D eigenvalue weighted by Gasteiger charge is -2.25. The molecule has 7 nitrogen and oxygen atoms in total. The van der Waals surface area contributed by atoms with Crippen molar-refractivity contribution in [3.05, 3.63) is 81.1 Å². The van der Waals surface area contributed by atoms with Crippen LogP contribution in [0.4, 0.5) is 0 Å². The van der Waals surface area contributed by atoms with Crippen molar-refractivity contribution >= 4 is 28.8 Å². The molecule has 0 bridgehead atoms. The lowest BCUT2D eigenvalue weighted by molar-refractivity contribution is -0.140. The second-order valence-corrected chi connectivity index (χ2v) is 9.99. The monoisotopic (exact) mass is 521 g/mol. The minimum absolute atomic E-state index is 0.0349. The number of hydrogen-bond acceptors (Lipinski definition) is 7. The Hall–Kier alpha value is -3.78. The third-order valence-electron chi connectivity index (χ3n) is 6.37. The first-order valence-electron chi connectivity index (χ1n) is 12.1. The van der Waals surface area contributed by atoms with Gasteiger partial charge in [0.1, 0.15) is 11.5 Å². The summed E-state index contributed by atoms with van der Waals surface area (Å²) in [6.07, 6.45) is 0. The van der Waals surface area contributed by atoms with Gasteiger partial charge in [0.15, 0.2) is 11.5 Å². The molecule has 1 aliphatic rings. The number of methoxy groups -OCH3 is 2. The van der Waals surface area contributed by atoms with E-state index in [0.717, 1.165) is 16.2 Å². The van der Waals surface area contributed by atoms with Crippen LogP contribution in [0.1, 0.15) is 54.3 Å². The number of amides is 1. The largest absolute Gasteiger partial charge is 0.507 e. The van der Waals surface area contributed by atoms with E-state index in [-0.39, 0.29) is 23.8 Å². The number of carbonyl (C=O) groups is 2. The highest BCUT2D eigenvalue weighted by Crippen LogP contribution is 2.43. The molecule has 0 spiro atoms. The van der Waals surface area contributed by atoms with Crippen LogP contribution in [0, 0.1) is 0 Å². The van der Waals surface area contributed by atoms with Gasteiger partial charge in [-0.05, 0) is 65.7 Å². The summed E-state index contributed by atoms with van der Waals surface area (Å²) in [5.74, 6) is 0.218.